The van der Waals surface area contributed by atoms with E-state index in [0.717, 1.165) is 30.0 Å². The van der Waals surface area contributed by atoms with E-state index < -0.39 is 9.84 Å². The summed E-state index contributed by atoms with van der Waals surface area (Å²) in [6, 6.07) is 10.2. The molecule has 0 spiro atoms. The molecule has 1 fully saturated rings. The number of guanidine groups is 1. The molecule has 1 aromatic heterocycles. The Balaban J connectivity index is 0.00000300. The van der Waals surface area contributed by atoms with E-state index in [1.807, 2.05) is 36.7 Å². The number of aryl methyl sites for hydroxylation is 1. The number of aliphatic imine (C=N–C) groups is 1. The van der Waals surface area contributed by atoms with Crippen LogP contribution in [-0.2, 0) is 22.9 Å². The number of sulfone groups is 1. The van der Waals surface area contributed by atoms with Crippen LogP contribution < -0.4 is 10.6 Å². The van der Waals surface area contributed by atoms with Gasteiger partial charge in [0, 0.05) is 23.8 Å². The Morgan fingerprint density at radius 2 is 2.00 bits per heavy atom. The zero-order valence-corrected chi connectivity index (χ0v) is 20.3. The minimum absolute atomic E-state index is 0. The number of benzene rings is 1. The zero-order valence-electron chi connectivity index (χ0n) is 17.2. The number of nitrogens with one attached hydrogen (secondary N) is 2. The molecule has 7 nitrogen and oxygen atoms in total. The largest absolute Gasteiger partial charge is 0.357 e. The molecule has 1 aromatic carbocycles. The topological polar surface area (TPSA) is 88.4 Å². The Hall–Kier alpha value is -1.62. The molecule has 2 heterocycles. The van der Waals surface area contributed by atoms with Gasteiger partial charge in [-0.2, -0.15) is 5.10 Å². The van der Waals surface area contributed by atoms with Crippen LogP contribution in [0.1, 0.15) is 35.9 Å². The van der Waals surface area contributed by atoms with E-state index in [-0.39, 0.29) is 41.5 Å². The van der Waals surface area contributed by atoms with E-state index >= 15 is 0 Å². The number of hydrogen-bond donors (Lipinski definition) is 2. The molecule has 3 rings (SSSR count). The summed E-state index contributed by atoms with van der Waals surface area (Å²) in [6.45, 7) is 8.02. The summed E-state index contributed by atoms with van der Waals surface area (Å²) in [6.07, 6.45) is 0.625. The summed E-state index contributed by atoms with van der Waals surface area (Å²) >= 11 is 0. The second-order valence-corrected chi connectivity index (χ2v) is 9.46. The zero-order chi connectivity index (χ0) is 20.1. The van der Waals surface area contributed by atoms with Gasteiger partial charge < -0.3 is 10.6 Å². The first-order chi connectivity index (χ1) is 13.4. The van der Waals surface area contributed by atoms with E-state index in [1.54, 1.807) is 0 Å². The predicted molar refractivity (Wildman–Crippen MR) is 128 cm³/mol. The van der Waals surface area contributed by atoms with Crippen LogP contribution in [0.3, 0.4) is 0 Å². The Morgan fingerprint density at radius 1 is 1.28 bits per heavy atom. The Bertz CT molecular complexity index is 941. The maximum Gasteiger partial charge on any atom is 0.191 e. The quantitative estimate of drug-likeness (QED) is 0.340. The molecule has 0 radical (unpaired) electrons. The maximum absolute atomic E-state index is 11.7. The van der Waals surface area contributed by atoms with Gasteiger partial charge in [0.2, 0.25) is 0 Å². The first-order valence-electron chi connectivity index (χ1n) is 9.70. The average Bonchev–Trinajstić information content (AvgIpc) is 3.12. The van der Waals surface area contributed by atoms with Crippen molar-refractivity contribution in [2.45, 2.75) is 46.3 Å². The molecule has 1 atom stereocenters. The lowest BCUT2D eigenvalue weighted by molar-refractivity contribution is 0.599. The number of aromatic nitrogens is 2. The molecule has 2 aromatic rings. The molecule has 0 bridgehead atoms. The molecule has 1 saturated heterocycles. The predicted octanol–water partition coefficient (Wildman–Crippen LogP) is 2.41. The van der Waals surface area contributed by atoms with Crippen molar-refractivity contribution in [2.24, 2.45) is 4.99 Å². The third-order valence-corrected chi connectivity index (χ3v) is 6.79. The second-order valence-electron chi connectivity index (χ2n) is 7.23. The van der Waals surface area contributed by atoms with Crippen molar-refractivity contribution in [1.29, 1.82) is 0 Å². The van der Waals surface area contributed by atoms with Crippen molar-refractivity contribution in [2.75, 3.05) is 18.1 Å². The minimum atomic E-state index is -2.92. The first kappa shape index (κ1) is 23.7. The van der Waals surface area contributed by atoms with E-state index in [4.69, 9.17) is 0 Å². The van der Waals surface area contributed by atoms with Crippen molar-refractivity contribution in [1.82, 2.24) is 20.4 Å². The summed E-state index contributed by atoms with van der Waals surface area (Å²) in [5, 5.41) is 11.1. The molecule has 0 saturated carbocycles. The lowest BCUT2D eigenvalue weighted by Gasteiger charge is -2.15. The molecule has 1 unspecified atom stereocenters. The van der Waals surface area contributed by atoms with Crippen molar-refractivity contribution in [3.8, 4) is 0 Å². The van der Waals surface area contributed by atoms with Gasteiger partial charge in [0.1, 0.15) is 0 Å². The minimum Gasteiger partial charge on any atom is -0.357 e. The van der Waals surface area contributed by atoms with Crippen molar-refractivity contribution >= 4 is 39.8 Å². The summed E-state index contributed by atoms with van der Waals surface area (Å²) in [5.41, 5.74) is 4.38. The van der Waals surface area contributed by atoms with E-state index in [2.05, 4.69) is 39.8 Å². The highest BCUT2D eigenvalue weighted by molar-refractivity contribution is 14.0. The van der Waals surface area contributed by atoms with Crippen LogP contribution >= 0.6 is 24.0 Å². The van der Waals surface area contributed by atoms with Crippen LogP contribution in [0.4, 0.5) is 0 Å². The SMILES string of the molecule is CCNC(=NCc1c(C)nn(Cc2ccccc2)c1C)NC1CCS(=O)(=O)C1.I. The van der Waals surface area contributed by atoms with Gasteiger partial charge in [-0.1, -0.05) is 30.3 Å². The maximum atomic E-state index is 11.7. The van der Waals surface area contributed by atoms with Gasteiger partial charge in [-0.3, -0.25) is 4.68 Å². The standard InChI is InChI=1S/C20H29N5O2S.HI/c1-4-21-20(23-18-10-11-28(26,27)14-18)22-12-19-15(2)24-25(16(19)3)13-17-8-6-5-7-9-17;/h5-9,18H,4,10-14H2,1-3H3,(H2,21,22,23);1H. The summed E-state index contributed by atoms with van der Waals surface area (Å²) in [7, 11) is -2.92. The Kier molecular flexibility index (Phi) is 8.50. The molecule has 0 amide bonds. The van der Waals surface area contributed by atoms with E-state index in [0.29, 0.717) is 18.9 Å². The fourth-order valence-corrected chi connectivity index (χ4v) is 5.13. The molecule has 1 aliphatic rings. The molecule has 160 valence electrons. The molecule has 1 aliphatic heterocycles. The fraction of sp³-hybridized carbons (Fsp3) is 0.500. The summed E-state index contributed by atoms with van der Waals surface area (Å²) < 4.78 is 25.4. The highest BCUT2D eigenvalue weighted by atomic mass is 127. The molecular weight excluding hydrogens is 501 g/mol. The molecule has 9 heteroatoms. The van der Waals surface area contributed by atoms with E-state index in [9.17, 15) is 8.42 Å². The van der Waals surface area contributed by atoms with Crippen LogP contribution in [0.15, 0.2) is 35.3 Å². The van der Waals surface area contributed by atoms with Crippen LogP contribution in [0.5, 0.6) is 0 Å². The second kappa shape index (κ2) is 10.4. The van der Waals surface area contributed by atoms with Gasteiger partial charge in [0.25, 0.3) is 0 Å². The molecule has 2 N–H and O–H groups in total. The lowest BCUT2D eigenvalue weighted by Crippen LogP contribution is -2.44. The Morgan fingerprint density at radius 3 is 2.62 bits per heavy atom. The van der Waals surface area contributed by atoms with Gasteiger partial charge in [0.15, 0.2) is 15.8 Å². The number of halogens is 1. The van der Waals surface area contributed by atoms with Gasteiger partial charge in [-0.15, -0.1) is 24.0 Å². The van der Waals surface area contributed by atoms with Gasteiger partial charge in [-0.25, -0.2) is 13.4 Å². The smallest absolute Gasteiger partial charge is 0.191 e. The average molecular weight is 531 g/mol. The highest BCUT2D eigenvalue weighted by Gasteiger charge is 2.28. The van der Waals surface area contributed by atoms with Crippen LogP contribution in [0.2, 0.25) is 0 Å². The molecule has 29 heavy (non-hydrogen) atoms. The van der Waals surface area contributed by atoms with Crippen LogP contribution in [-0.4, -0.2) is 48.3 Å². The third kappa shape index (κ3) is 6.43. The van der Waals surface area contributed by atoms with E-state index in [1.165, 1.54) is 5.56 Å². The lowest BCUT2D eigenvalue weighted by atomic mass is 10.2. The van der Waals surface area contributed by atoms with Crippen molar-refractivity contribution in [3.05, 3.63) is 52.8 Å². The molecular formula is C20H30IN5O2S. The van der Waals surface area contributed by atoms with Crippen LogP contribution in [0.25, 0.3) is 0 Å². The van der Waals surface area contributed by atoms with Gasteiger partial charge >= 0.3 is 0 Å². The summed E-state index contributed by atoms with van der Waals surface area (Å²) in [4.78, 5) is 4.68. The highest BCUT2D eigenvalue weighted by Crippen LogP contribution is 2.16. The number of hydrogen-bond acceptors (Lipinski definition) is 4. The van der Waals surface area contributed by atoms with Gasteiger partial charge in [-0.05, 0) is 32.8 Å². The van der Waals surface area contributed by atoms with Crippen molar-refractivity contribution < 1.29 is 8.42 Å². The molecule has 0 aliphatic carbocycles. The fourth-order valence-electron chi connectivity index (χ4n) is 3.45. The first-order valence-corrected chi connectivity index (χ1v) is 11.5. The van der Waals surface area contributed by atoms with Gasteiger partial charge in [0.05, 0.1) is 30.3 Å². The Labute approximate surface area is 190 Å². The number of nitrogens with zero attached hydrogens (tertiary/aromatic N) is 3. The van der Waals surface area contributed by atoms with Crippen LogP contribution in [0, 0.1) is 13.8 Å². The van der Waals surface area contributed by atoms with Crippen molar-refractivity contribution in [3.63, 3.8) is 0 Å². The third-order valence-electron chi connectivity index (χ3n) is 5.02. The summed E-state index contributed by atoms with van der Waals surface area (Å²) in [5.74, 6) is 1.07. The normalized spacial score (nSPS) is 18.3. The monoisotopic (exact) mass is 531 g/mol. The number of rotatable bonds is 6.